The molecular weight excluding hydrogens is 250 g/mol. The van der Waals surface area contributed by atoms with E-state index in [0.29, 0.717) is 0 Å². The third-order valence-corrected chi connectivity index (χ3v) is 4.44. The second-order valence-corrected chi connectivity index (χ2v) is 7.01. The number of carbonyl (C=O) groups is 1. The molecule has 1 aliphatic carbocycles. The molecule has 0 bridgehead atoms. The van der Waals surface area contributed by atoms with E-state index in [1.807, 2.05) is 20.8 Å². The molecule has 4 heteroatoms. The fourth-order valence-corrected chi connectivity index (χ4v) is 3.22. The number of nitrogens with zero attached hydrogens (tertiary/aromatic N) is 1. The van der Waals surface area contributed by atoms with Crippen LogP contribution in [0.1, 0.15) is 59.3 Å². The number of hydrogen-bond acceptors (Lipinski definition) is 3. The van der Waals surface area contributed by atoms with Crippen LogP contribution < -0.4 is 11.1 Å². The Bertz CT molecular complexity index is 300. The predicted octanol–water partition coefficient (Wildman–Crippen LogP) is 2.13. The summed E-state index contributed by atoms with van der Waals surface area (Å²) in [4.78, 5) is 14.1. The molecule has 1 rings (SSSR count). The Kier molecular flexibility index (Phi) is 6.96. The van der Waals surface area contributed by atoms with Crippen molar-refractivity contribution in [3.8, 4) is 0 Å². The number of nitrogens with one attached hydrogen (secondary N) is 1. The summed E-state index contributed by atoms with van der Waals surface area (Å²) in [6.45, 7) is 8.08. The third kappa shape index (κ3) is 5.80. The summed E-state index contributed by atoms with van der Waals surface area (Å²) >= 11 is 0. The van der Waals surface area contributed by atoms with Gasteiger partial charge in [0, 0.05) is 19.1 Å². The van der Waals surface area contributed by atoms with Crippen LogP contribution in [0.15, 0.2) is 0 Å². The lowest BCUT2D eigenvalue weighted by molar-refractivity contribution is -0.124. The molecule has 1 unspecified atom stereocenters. The maximum Gasteiger partial charge on any atom is 0.237 e. The Morgan fingerprint density at radius 2 is 1.95 bits per heavy atom. The molecule has 1 fully saturated rings. The Hall–Kier alpha value is -0.610. The van der Waals surface area contributed by atoms with Gasteiger partial charge in [0.1, 0.15) is 0 Å². The molecule has 1 aliphatic rings. The van der Waals surface area contributed by atoms with Crippen LogP contribution >= 0.6 is 0 Å². The van der Waals surface area contributed by atoms with E-state index < -0.39 is 5.54 Å². The lowest BCUT2D eigenvalue weighted by atomic mass is 9.88. The molecule has 0 aromatic carbocycles. The maximum absolute atomic E-state index is 11.7. The largest absolute Gasteiger partial charge is 0.368 e. The molecule has 20 heavy (non-hydrogen) atoms. The highest BCUT2D eigenvalue weighted by molar-refractivity contribution is 5.84. The average molecular weight is 283 g/mol. The van der Waals surface area contributed by atoms with Crippen molar-refractivity contribution in [2.24, 2.45) is 11.7 Å². The lowest BCUT2D eigenvalue weighted by Crippen LogP contribution is -2.56. The summed E-state index contributed by atoms with van der Waals surface area (Å²) in [6.07, 6.45) is 7.66. The first-order chi connectivity index (χ1) is 9.33. The van der Waals surface area contributed by atoms with Crippen molar-refractivity contribution in [1.82, 2.24) is 10.2 Å². The normalized spacial score (nSPS) is 20.3. The van der Waals surface area contributed by atoms with Gasteiger partial charge in [-0.25, -0.2) is 0 Å². The highest BCUT2D eigenvalue weighted by atomic mass is 16.1. The van der Waals surface area contributed by atoms with Crippen LogP contribution in [-0.4, -0.2) is 42.5 Å². The summed E-state index contributed by atoms with van der Waals surface area (Å²) in [5.74, 6) is 0.587. The minimum Gasteiger partial charge on any atom is -0.368 e. The van der Waals surface area contributed by atoms with Gasteiger partial charge in [-0.15, -0.1) is 0 Å². The Morgan fingerprint density at radius 1 is 1.35 bits per heavy atom. The second-order valence-electron chi connectivity index (χ2n) is 7.01. The van der Waals surface area contributed by atoms with Gasteiger partial charge in [0.15, 0.2) is 0 Å². The summed E-state index contributed by atoms with van der Waals surface area (Å²) in [5, 5.41) is 3.31. The fourth-order valence-electron chi connectivity index (χ4n) is 3.22. The van der Waals surface area contributed by atoms with Gasteiger partial charge >= 0.3 is 0 Å². The van der Waals surface area contributed by atoms with Gasteiger partial charge in [-0.3, -0.25) is 4.79 Å². The number of nitrogens with two attached hydrogens (primary N) is 1. The quantitative estimate of drug-likeness (QED) is 0.717. The van der Waals surface area contributed by atoms with E-state index in [0.717, 1.165) is 25.4 Å². The average Bonchev–Trinajstić information content (AvgIpc) is 2.36. The molecule has 118 valence electrons. The van der Waals surface area contributed by atoms with Gasteiger partial charge in [0.25, 0.3) is 0 Å². The summed E-state index contributed by atoms with van der Waals surface area (Å²) in [6, 6.07) is 0.260. The maximum atomic E-state index is 11.7. The zero-order chi connectivity index (χ0) is 15.2. The lowest BCUT2D eigenvalue weighted by Gasteiger charge is -2.33. The van der Waals surface area contributed by atoms with Crippen LogP contribution in [0.5, 0.6) is 0 Å². The number of hydrogen-bond donors (Lipinski definition) is 2. The fraction of sp³-hybridized carbons (Fsp3) is 0.938. The molecule has 0 saturated heterocycles. The van der Waals surface area contributed by atoms with Crippen molar-refractivity contribution in [1.29, 1.82) is 0 Å². The van der Waals surface area contributed by atoms with Crippen molar-refractivity contribution < 1.29 is 4.79 Å². The van der Waals surface area contributed by atoms with Crippen LogP contribution in [0.3, 0.4) is 0 Å². The number of amides is 1. The van der Waals surface area contributed by atoms with Crippen molar-refractivity contribution in [2.45, 2.75) is 70.9 Å². The molecule has 0 spiro atoms. The number of rotatable bonds is 8. The highest BCUT2D eigenvalue weighted by Crippen LogP contribution is 2.24. The zero-order valence-electron chi connectivity index (χ0n) is 13.7. The molecule has 0 heterocycles. The van der Waals surface area contributed by atoms with Crippen LogP contribution in [0.2, 0.25) is 0 Å². The minimum absolute atomic E-state index is 0.253. The van der Waals surface area contributed by atoms with Crippen molar-refractivity contribution in [3.63, 3.8) is 0 Å². The van der Waals surface area contributed by atoms with E-state index in [-0.39, 0.29) is 11.9 Å². The van der Waals surface area contributed by atoms with E-state index in [9.17, 15) is 4.79 Å². The van der Waals surface area contributed by atoms with Crippen LogP contribution in [0.25, 0.3) is 0 Å². The predicted molar refractivity (Wildman–Crippen MR) is 84.6 cm³/mol. The zero-order valence-corrected chi connectivity index (χ0v) is 13.7. The van der Waals surface area contributed by atoms with Gasteiger partial charge < -0.3 is 16.0 Å². The molecule has 1 saturated carbocycles. The molecule has 1 atom stereocenters. The third-order valence-electron chi connectivity index (χ3n) is 4.44. The van der Waals surface area contributed by atoms with Crippen LogP contribution in [-0.2, 0) is 4.79 Å². The Labute approximate surface area is 124 Å². The van der Waals surface area contributed by atoms with Gasteiger partial charge in [-0.2, -0.15) is 0 Å². The molecule has 3 N–H and O–H groups in total. The SMILES string of the molecule is CC(C)NC(C)(CCN(C)CC1CCCCC1)C(N)=O. The molecule has 0 radical (unpaired) electrons. The van der Waals surface area contributed by atoms with E-state index in [4.69, 9.17) is 5.73 Å². The van der Waals surface area contributed by atoms with Crippen molar-refractivity contribution >= 4 is 5.91 Å². The first kappa shape index (κ1) is 17.4. The first-order valence-electron chi connectivity index (χ1n) is 8.09. The van der Waals surface area contributed by atoms with Crippen molar-refractivity contribution in [3.05, 3.63) is 0 Å². The molecule has 0 aromatic heterocycles. The van der Waals surface area contributed by atoms with Gasteiger partial charge in [-0.1, -0.05) is 19.3 Å². The second kappa shape index (κ2) is 7.99. The molecule has 1 amide bonds. The van der Waals surface area contributed by atoms with Gasteiger partial charge in [0.2, 0.25) is 5.91 Å². The number of primary amides is 1. The summed E-state index contributed by atoms with van der Waals surface area (Å²) in [7, 11) is 2.16. The summed E-state index contributed by atoms with van der Waals surface area (Å²) in [5.41, 5.74) is 4.97. The van der Waals surface area contributed by atoms with Crippen LogP contribution in [0.4, 0.5) is 0 Å². The Balaban J connectivity index is 2.39. The van der Waals surface area contributed by atoms with Crippen molar-refractivity contribution in [2.75, 3.05) is 20.1 Å². The smallest absolute Gasteiger partial charge is 0.237 e. The Morgan fingerprint density at radius 3 is 2.45 bits per heavy atom. The van der Waals surface area contributed by atoms with E-state index >= 15 is 0 Å². The monoisotopic (exact) mass is 283 g/mol. The molecular formula is C16H33N3O. The molecule has 4 nitrogen and oxygen atoms in total. The standard InChI is InChI=1S/C16H33N3O/c1-13(2)18-16(3,15(17)20)10-11-19(4)12-14-8-6-5-7-9-14/h13-14,18H,5-12H2,1-4H3,(H2,17,20). The topological polar surface area (TPSA) is 58.4 Å². The number of carbonyl (C=O) groups excluding carboxylic acids is 1. The van der Waals surface area contributed by atoms with Gasteiger partial charge in [0.05, 0.1) is 5.54 Å². The van der Waals surface area contributed by atoms with Gasteiger partial charge in [-0.05, 0) is 53.0 Å². The molecule has 0 aliphatic heterocycles. The highest BCUT2D eigenvalue weighted by Gasteiger charge is 2.31. The van der Waals surface area contributed by atoms with Crippen LogP contribution in [0, 0.1) is 5.92 Å². The van der Waals surface area contributed by atoms with E-state index in [1.165, 1.54) is 32.1 Å². The first-order valence-corrected chi connectivity index (χ1v) is 8.09. The van der Waals surface area contributed by atoms with E-state index in [1.54, 1.807) is 0 Å². The minimum atomic E-state index is -0.602. The molecule has 0 aromatic rings. The van der Waals surface area contributed by atoms with E-state index in [2.05, 4.69) is 17.3 Å². The summed E-state index contributed by atoms with van der Waals surface area (Å²) < 4.78 is 0.